The molecule has 0 unspecified atom stereocenters. The van der Waals surface area contributed by atoms with E-state index in [0.29, 0.717) is 42.5 Å². The standard InChI is InChI=1S/C29H35N5O3S/c1-20(2)28-31-32-29(38-28)21-9-11-24(12-10-21)37-25-18-22(27(36)30-13-17-33-14-3-4-15-33)7-8-23(25)19-34-16-5-6-26(34)35/h7-12,18,20H,3-6,13-17,19H2,1-2H3,(H,30,36). The maximum atomic E-state index is 12.9. The van der Waals surface area contributed by atoms with E-state index in [4.69, 9.17) is 4.74 Å². The second kappa shape index (κ2) is 12.0. The van der Waals surface area contributed by atoms with E-state index in [1.54, 1.807) is 17.4 Å². The summed E-state index contributed by atoms with van der Waals surface area (Å²) in [6.45, 7) is 9.11. The van der Waals surface area contributed by atoms with Crippen molar-refractivity contribution >= 4 is 23.2 Å². The van der Waals surface area contributed by atoms with E-state index in [2.05, 4.69) is 34.3 Å². The number of ether oxygens (including phenoxy) is 1. The molecule has 3 aromatic rings. The van der Waals surface area contributed by atoms with E-state index < -0.39 is 0 Å². The molecule has 2 saturated heterocycles. The first-order valence-corrected chi connectivity index (χ1v) is 14.3. The van der Waals surface area contributed by atoms with E-state index in [0.717, 1.165) is 53.7 Å². The lowest BCUT2D eigenvalue weighted by molar-refractivity contribution is -0.128. The average Bonchev–Trinajstić information content (AvgIpc) is 3.69. The number of nitrogens with zero attached hydrogens (tertiary/aromatic N) is 4. The van der Waals surface area contributed by atoms with Crippen LogP contribution in [-0.4, -0.2) is 64.5 Å². The van der Waals surface area contributed by atoms with Gasteiger partial charge in [-0.05, 0) is 68.8 Å². The molecule has 2 amide bonds. The van der Waals surface area contributed by atoms with Crippen LogP contribution < -0.4 is 10.1 Å². The van der Waals surface area contributed by atoms with Crippen LogP contribution in [0.3, 0.4) is 0 Å². The Hall–Kier alpha value is -3.30. The van der Waals surface area contributed by atoms with Gasteiger partial charge in [-0.15, -0.1) is 10.2 Å². The number of carbonyl (C=O) groups excluding carboxylic acids is 2. The first kappa shape index (κ1) is 26.3. The van der Waals surface area contributed by atoms with Crippen molar-refractivity contribution in [1.82, 2.24) is 25.3 Å². The molecule has 200 valence electrons. The molecule has 2 aliphatic heterocycles. The molecule has 2 aliphatic rings. The predicted molar refractivity (Wildman–Crippen MR) is 149 cm³/mol. The van der Waals surface area contributed by atoms with Crippen LogP contribution in [0.1, 0.15) is 66.4 Å². The summed E-state index contributed by atoms with van der Waals surface area (Å²) < 4.78 is 6.31. The highest BCUT2D eigenvalue weighted by Gasteiger charge is 2.22. The monoisotopic (exact) mass is 533 g/mol. The third-order valence-corrected chi connectivity index (χ3v) is 8.31. The summed E-state index contributed by atoms with van der Waals surface area (Å²) in [4.78, 5) is 29.4. The molecule has 2 fully saturated rings. The summed E-state index contributed by atoms with van der Waals surface area (Å²) in [7, 11) is 0. The second-order valence-corrected chi connectivity index (χ2v) is 11.3. The van der Waals surface area contributed by atoms with E-state index >= 15 is 0 Å². The van der Waals surface area contributed by atoms with E-state index in [1.165, 1.54) is 12.8 Å². The normalized spacial score (nSPS) is 16.0. The molecule has 1 aromatic heterocycles. The van der Waals surface area contributed by atoms with Crippen LogP contribution in [0.2, 0.25) is 0 Å². The molecule has 38 heavy (non-hydrogen) atoms. The summed E-state index contributed by atoms with van der Waals surface area (Å²) in [5.41, 5.74) is 2.41. The SMILES string of the molecule is CC(C)c1nnc(-c2ccc(Oc3cc(C(=O)NCCN4CCCC4)ccc3CN3CCCC3=O)cc2)s1. The molecule has 0 saturated carbocycles. The van der Waals surface area contributed by atoms with Crippen molar-refractivity contribution in [2.45, 2.75) is 52.0 Å². The van der Waals surface area contributed by atoms with Gasteiger partial charge in [-0.1, -0.05) is 31.3 Å². The van der Waals surface area contributed by atoms with Gasteiger partial charge in [-0.2, -0.15) is 0 Å². The highest BCUT2D eigenvalue weighted by atomic mass is 32.1. The van der Waals surface area contributed by atoms with E-state index in [-0.39, 0.29) is 11.8 Å². The van der Waals surface area contributed by atoms with Crippen molar-refractivity contribution in [1.29, 1.82) is 0 Å². The van der Waals surface area contributed by atoms with Crippen molar-refractivity contribution in [3.05, 3.63) is 58.6 Å². The smallest absolute Gasteiger partial charge is 0.251 e. The summed E-state index contributed by atoms with van der Waals surface area (Å²) >= 11 is 1.60. The number of likely N-dealkylation sites (tertiary alicyclic amines) is 2. The number of hydrogen-bond donors (Lipinski definition) is 1. The lowest BCUT2D eigenvalue weighted by atomic mass is 10.1. The van der Waals surface area contributed by atoms with Gasteiger partial charge in [0.15, 0.2) is 0 Å². The first-order chi connectivity index (χ1) is 18.5. The number of carbonyl (C=O) groups is 2. The fourth-order valence-electron chi connectivity index (χ4n) is 4.81. The van der Waals surface area contributed by atoms with Gasteiger partial charge in [0.2, 0.25) is 5.91 Å². The zero-order chi connectivity index (χ0) is 26.5. The van der Waals surface area contributed by atoms with Crippen molar-refractivity contribution in [3.63, 3.8) is 0 Å². The fraction of sp³-hybridized carbons (Fsp3) is 0.448. The van der Waals surface area contributed by atoms with Crippen molar-refractivity contribution in [3.8, 4) is 22.1 Å². The molecule has 3 heterocycles. The number of nitrogens with one attached hydrogen (secondary N) is 1. The topological polar surface area (TPSA) is 87.7 Å². The van der Waals surface area contributed by atoms with Crippen molar-refractivity contribution < 1.29 is 14.3 Å². The van der Waals surface area contributed by atoms with Gasteiger partial charge in [0.1, 0.15) is 21.5 Å². The predicted octanol–water partition coefficient (Wildman–Crippen LogP) is 5.07. The lowest BCUT2D eigenvalue weighted by Gasteiger charge is -2.19. The second-order valence-electron chi connectivity index (χ2n) is 10.3. The Kier molecular flexibility index (Phi) is 8.34. The molecule has 0 aliphatic carbocycles. The molecule has 1 N–H and O–H groups in total. The molecule has 0 spiro atoms. The highest BCUT2D eigenvalue weighted by molar-refractivity contribution is 7.14. The Morgan fingerprint density at radius 2 is 1.84 bits per heavy atom. The molecule has 0 atom stereocenters. The van der Waals surface area contributed by atoms with Crippen LogP contribution in [0.25, 0.3) is 10.6 Å². The number of hydrogen-bond acceptors (Lipinski definition) is 7. The summed E-state index contributed by atoms with van der Waals surface area (Å²) in [6.07, 6.45) is 3.92. The Morgan fingerprint density at radius 3 is 2.53 bits per heavy atom. The van der Waals surface area contributed by atoms with Gasteiger partial charge in [-0.25, -0.2) is 0 Å². The van der Waals surface area contributed by atoms with Crippen LogP contribution in [0.4, 0.5) is 0 Å². The highest BCUT2D eigenvalue weighted by Crippen LogP contribution is 2.32. The minimum atomic E-state index is -0.120. The Labute approximate surface area is 228 Å². The van der Waals surface area contributed by atoms with E-state index in [1.807, 2.05) is 41.3 Å². The summed E-state index contributed by atoms with van der Waals surface area (Å²) in [5.74, 6) is 1.62. The zero-order valence-corrected chi connectivity index (χ0v) is 22.9. The van der Waals surface area contributed by atoms with Gasteiger partial charge in [0.25, 0.3) is 5.91 Å². The summed E-state index contributed by atoms with van der Waals surface area (Å²) in [5, 5.41) is 13.5. The average molecular weight is 534 g/mol. The molecule has 8 nitrogen and oxygen atoms in total. The third kappa shape index (κ3) is 6.39. The maximum Gasteiger partial charge on any atom is 0.251 e. The maximum absolute atomic E-state index is 12.9. The van der Waals surface area contributed by atoms with Crippen molar-refractivity contribution in [2.24, 2.45) is 0 Å². The Bertz CT molecular complexity index is 1270. The molecule has 0 bridgehead atoms. The minimum Gasteiger partial charge on any atom is -0.457 e. The van der Waals surface area contributed by atoms with Crippen LogP contribution in [0.15, 0.2) is 42.5 Å². The number of aromatic nitrogens is 2. The molecule has 0 radical (unpaired) electrons. The van der Waals surface area contributed by atoms with Gasteiger partial charge >= 0.3 is 0 Å². The number of benzene rings is 2. The van der Waals surface area contributed by atoms with Crippen LogP contribution in [0, 0.1) is 0 Å². The van der Waals surface area contributed by atoms with Crippen molar-refractivity contribution in [2.75, 3.05) is 32.7 Å². The number of rotatable bonds is 10. The number of amides is 2. The van der Waals surface area contributed by atoms with Crippen LogP contribution in [-0.2, 0) is 11.3 Å². The zero-order valence-electron chi connectivity index (χ0n) is 22.1. The third-order valence-electron chi connectivity index (χ3n) is 7.04. The largest absolute Gasteiger partial charge is 0.457 e. The summed E-state index contributed by atoms with van der Waals surface area (Å²) in [6, 6.07) is 13.3. The molecule has 5 rings (SSSR count). The molecule has 2 aromatic carbocycles. The minimum absolute atomic E-state index is 0.120. The lowest BCUT2D eigenvalue weighted by Crippen LogP contribution is -2.33. The molecular formula is C29H35N5O3S. The van der Waals surface area contributed by atoms with Gasteiger partial charge in [-0.3, -0.25) is 9.59 Å². The molecule has 9 heteroatoms. The fourth-order valence-corrected chi connectivity index (χ4v) is 5.66. The Morgan fingerprint density at radius 1 is 1.05 bits per heavy atom. The van der Waals surface area contributed by atoms with Gasteiger partial charge in [0, 0.05) is 55.2 Å². The van der Waals surface area contributed by atoms with Gasteiger partial charge < -0.3 is 19.9 Å². The van der Waals surface area contributed by atoms with Gasteiger partial charge in [0.05, 0.1) is 0 Å². The quantitative estimate of drug-likeness (QED) is 0.392. The Balaban J connectivity index is 1.32. The van der Waals surface area contributed by atoms with Crippen LogP contribution in [0.5, 0.6) is 11.5 Å². The molecular weight excluding hydrogens is 498 g/mol. The van der Waals surface area contributed by atoms with Crippen LogP contribution >= 0.6 is 11.3 Å². The van der Waals surface area contributed by atoms with E-state index in [9.17, 15) is 9.59 Å². The first-order valence-electron chi connectivity index (χ1n) is 13.5.